The SMILES string of the molecule is C=CCCCCCN1/C(=C/C=C/C=C/C2=[N+](C)c3ccccc3C2(C)C)C(C)(C)c2ccccc21. The molecule has 35 heavy (non-hydrogen) atoms. The van der Waals surface area contributed by atoms with Crippen LogP contribution in [0.1, 0.15) is 64.5 Å². The van der Waals surface area contributed by atoms with Gasteiger partial charge in [-0.05, 0) is 50.8 Å². The van der Waals surface area contributed by atoms with E-state index in [0.717, 1.165) is 13.0 Å². The first-order valence-corrected chi connectivity index (χ1v) is 13.0. The molecular weight excluding hydrogens is 424 g/mol. The first-order valence-electron chi connectivity index (χ1n) is 13.0. The van der Waals surface area contributed by atoms with E-state index in [4.69, 9.17) is 0 Å². The predicted molar refractivity (Wildman–Crippen MR) is 152 cm³/mol. The van der Waals surface area contributed by atoms with Gasteiger partial charge in [-0.1, -0.05) is 81.0 Å². The number of para-hydroxylation sites is 2. The summed E-state index contributed by atoms with van der Waals surface area (Å²) < 4.78 is 2.32. The number of benzene rings is 2. The van der Waals surface area contributed by atoms with Crippen LogP contribution in [-0.4, -0.2) is 23.9 Å². The molecule has 2 aromatic carbocycles. The van der Waals surface area contributed by atoms with Crippen molar-refractivity contribution in [3.63, 3.8) is 0 Å². The van der Waals surface area contributed by atoms with E-state index in [2.05, 4.69) is 130 Å². The van der Waals surface area contributed by atoms with Crippen LogP contribution < -0.4 is 4.90 Å². The maximum absolute atomic E-state index is 3.86. The standard InChI is InChI=1S/C33H41N2/c1-7-8-9-10-18-25-35-29-22-17-15-20-27(29)33(4,5)31(35)24-13-11-12-23-30-32(2,3)26-19-14-16-21-28(26)34(30)6/h7,11-17,19-24H,1,8-10,18,25H2,2-6H3/q+1. The molecule has 2 aromatic rings. The minimum absolute atomic E-state index is 0.00415. The van der Waals surface area contributed by atoms with Gasteiger partial charge in [0.25, 0.3) is 0 Å². The summed E-state index contributed by atoms with van der Waals surface area (Å²) in [6.07, 6.45) is 17.9. The molecule has 0 atom stereocenters. The molecule has 0 amide bonds. The van der Waals surface area contributed by atoms with Gasteiger partial charge in [-0.25, -0.2) is 0 Å². The molecule has 0 radical (unpaired) electrons. The van der Waals surface area contributed by atoms with Crippen LogP contribution in [0.5, 0.6) is 0 Å². The van der Waals surface area contributed by atoms with E-state index in [1.807, 2.05) is 6.08 Å². The maximum atomic E-state index is 3.86. The summed E-state index contributed by atoms with van der Waals surface area (Å²) in [5.41, 5.74) is 8.18. The Morgan fingerprint density at radius 2 is 1.54 bits per heavy atom. The Labute approximate surface area is 212 Å². The first-order chi connectivity index (χ1) is 16.8. The van der Waals surface area contributed by atoms with Gasteiger partial charge in [0.1, 0.15) is 7.05 Å². The first kappa shape index (κ1) is 25.0. The molecule has 0 aromatic heterocycles. The zero-order valence-corrected chi connectivity index (χ0v) is 22.2. The normalized spacial score (nSPS) is 19.2. The average molecular weight is 466 g/mol. The molecule has 0 N–H and O–H groups in total. The third kappa shape index (κ3) is 4.72. The second kappa shape index (κ2) is 10.2. The highest BCUT2D eigenvalue weighted by atomic mass is 15.2. The van der Waals surface area contributed by atoms with Crippen molar-refractivity contribution in [2.24, 2.45) is 0 Å². The Hall–Kier alpha value is -3.13. The Kier molecular flexibility index (Phi) is 7.31. The van der Waals surface area contributed by atoms with Crippen LogP contribution in [-0.2, 0) is 10.8 Å². The quantitative estimate of drug-likeness (QED) is 0.156. The van der Waals surface area contributed by atoms with Gasteiger partial charge in [0.2, 0.25) is 5.69 Å². The Balaban J connectivity index is 1.53. The van der Waals surface area contributed by atoms with Crippen molar-refractivity contribution in [1.29, 1.82) is 0 Å². The number of rotatable bonds is 9. The molecule has 2 heterocycles. The van der Waals surface area contributed by atoms with E-state index in [0.29, 0.717) is 0 Å². The molecule has 0 aliphatic carbocycles. The van der Waals surface area contributed by atoms with Crippen LogP contribution in [0.15, 0.2) is 97.3 Å². The highest BCUT2D eigenvalue weighted by molar-refractivity contribution is 6.03. The second-order valence-electron chi connectivity index (χ2n) is 10.8. The minimum Gasteiger partial charge on any atom is -0.344 e. The minimum atomic E-state index is -0.00415. The lowest BCUT2D eigenvalue weighted by molar-refractivity contribution is -0.401. The molecule has 2 heteroatoms. The number of fused-ring (bicyclic) bond motifs is 2. The molecule has 0 saturated carbocycles. The predicted octanol–water partition coefficient (Wildman–Crippen LogP) is 8.23. The van der Waals surface area contributed by atoms with E-state index in [9.17, 15) is 0 Å². The molecule has 2 aliphatic rings. The number of unbranched alkanes of at least 4 members (excludes halogenated alkanes) is 3. The fourth-order valence-electron chi connectivity index (χ4n) is 5.78. The molecule has 2 nitrogen and oxygen atoms in total. The zero-order valence-electron chi connectivity index (χ0n) is 22.2. The fourth-order valence-corrected chi connectivity index (χ4v) is 5.78. The highest BCUT2D eigenvalue weighted by Crippen LogP contribution is 2.47. The van der Waals surface area contributed by atoms with E-state index in [1.54, 1.807) is 0 Å². The van der Waals surface area contributed by atoms with Gasteiger partial charge in [-0.15, -0.1) is 6.58 Å². The van der Waals surface area contributed by atoms with Crippen LogP contribution in [0.3, 0.4) is 0 Å². The molecule has 0 unspecified atom stereocenters. The lowest BCUT2D eigenvalue weighted by Gasteiger charge is -2.27. The van der Waals surface area contributed by atoms with Crippen LogP contribution in [0.4, 0.5) is 11.4 Å². The number of hydrogen-bond acceptors (Lipinski definition) is 1. The molecule has 0 saturated heterocycles. The molecule has 182 valence electrons. The number of hydrogen-bond donors (Lipinski definition) is 0. The van der Waals surface area contributed by atoms with Crippen molar-refractivity contribution in [3.8, 4) is 0 Å². The summed E-state index contributed by atoms with van der Waals surface area (Å²) in [7, 11) is 2.17. The lowest BCUT2D eigenvalue weighted by atomic mass is 9.81. The van der Waals surface area contributed by atoms with Gasteiger partial charge in [0, 0.05) is 41.1 Å². The summed E-state index contributed by atoms with van der Waals surface area (Å²) in [5.74, 6) is 0. The number of allylic oxidation sites excluding steroid dienone is 7. The van der Waals surface area contributed by atoms with Crippen molar-refractivity contribution < 1.29 is 4.58 Å². The summed E-state index contributed by atoms with van der Waals surface area (Å²) in [5, 5.41) is 0. The molecule has 0 spiro atoms. The number of anilines is 1. The summed E-state index contributed by atoms with van der Waals surface area (Å²) in [6, 6.07) is 17.6. The third-order valence-corrected chi connectivity index (χ3v) is 7.76. The van der Waals surface area contributed by atoms with E-state index in [-0.39, 0.29) is 10.8 Å². The largest absolute Gasteiger partial charge is 0.344 e. The van der Waals surface area contributed by atoms with Gasteiger partial charge in [0.15, 0.2) is 5.71 Å². The summed E-state index contributed by atoms with van der Waals surface area (Å²) in [6.45, 7) is 14.2. The van der Waals surface area contributed by atoms with Crippen molar-refractivity contribution in [2.45, 2.75) is 64.2 Å². The zero-order chi connectivity index (χ0) is 25.1. The van der Waals surface area contributed by atoms with Crippen LogP contribution in [0, 0.1) is 0 Å². The Morgan fingerprint density at radius 3 is 2.29 bits per heavy atom. The maximum Gasteiger partial charge on any atom is 0.209 e. The van der Waals surface area contributed by atoms with Gasteiger partial charge in [-0.3, -0.25) is 0 Å². The molecule has 2 aliphatic heterocycles. The highest BCUT2D eigenvalue weighted by Gasteiger charge is 2.42. The lowest BCUT2D eigenvalue weighted by Crippen LogP contribution is -2.27. The Morgan fingerprint density at radius 1 is 0.829 bits per heavy atom. The van der Waals surface area contributed by atoms with E-state index < -0.39 is 0 Å². The van der Waals surface area contributed by atoms with Gasteiger partial charge >= 0.3 is 0 Å². The third-order valence-electron chi connectivity index (χ3n) is 7.76. The van der Waals surface area contributed by atoms with E-state index in [1.165, 1.54) is 53.2 Å². The smallest absolute Gasteiger partial charge is 0.209 e. The van der Waals surface area contributed by atoms with Crippen molar-refractivity contribution in [1.82, 2.24) is 0 Å². The van der Waals surface area contributed by atoms with Gasteiger partial charge in [-0.2, -0.15) is 4.58 Å². The topological polar surface area (TPSA) is 6.25 Å². The Bertz CT molecular complexity index is 1200. The van der Waals surface area contributed by atoms with Gasteiger partial charge in [0.05, 0.1) is 5.41 Å². The van der Waals surface area contributed by atoms with Crippen LogP contribution >= 0.6 is 0 Å². The number of nitrogens with zero attached hydrogens (tertiary/aromatic N) is 2. The van der Waals surface area contributed by atoms with Crippen molar-refractivity contribution in [3.05, 3.63) is 108 Å². The van der Waals surface area contributed by atoms with Gasteiger partial charge < -0.3 is 4.90 Å². The summed E-state index contributed by atoms with van der Waals surface area (Å²) >= 11 is 0. The molecule has 0 fully saturated rings. The average Bonchev–Trinajstić information content (AvgIpc) is 3.18. The second-order valence-corrected chi connectivity index (χ2v) is 10.8. The molecule has 0 bridgehead atoms. The van der Waals surface area contributed by atoms with Crippen LogP contribution in [0.2, 0.25) is 0 Å². The van der Waals surface area contributed by atoms with Crippen molar-refractivity contribution >= 4 is 17.1 Å². The van der Waals surface area contributed by atoms with Crippen molar-refractivity contribution in [2.75, 3.05) is 18.5 Å². The molecular formula is C33H41N2+. The molecule has 4 rings (SSSR count). The van der Waals surface area contributed by atoms with Crippen LogP contribution in [0.25, 0.3) is 0 Å². The summed E-state index contributed by atoms with van der Waals surface area (Å²) in [4.78, 5) is 2.54. The monoisotopic (exact) mass is 465 g/mol. The fraction of sp³-hybridized carbons (Fsp3) is 0.364. The van der Waals surface area contributed by atoms with E-state index >= 15 is 0 Å².